The summed E-state index contributed by atoms with van der Waals surface area (Å²) >= 11 is 0. The predicted octanol–water partition coefficient (Wildman–Crippen LogP) is 0.683. The molecule has 0 spiro atoms. The van der Waals surface area contributed by atoms with Gasteiger partial charge in [0.1, 0.15) is 0 Å². The Morgan fingerprint density at radius 1 is 1.11 bits per heavy atom. The fourth-order valence-corrected chi connectivity index (χ4v) is 3.42. The molecule has 0 aromatic carbocycles. The van der Waals surface area contributed by atoms with E-state index in [1.807, 2.05) is 0 Å². The summed E-state index contributed by atoms with van der Waals surface area (Å²) in [5.41, 5.74) is 0. The first-order valence-electron chi connectivity index (χ1n) is 7.55. The number of nitrogens with one attached hydrogen (secondary N) is 1. The normalized spacial score (nSPS) is 30.4. The fraction of sp³-hybridized carbons (Fsp3) is 0.929. The van der Waals surface area contributed by atoms with Crippen molar-refractivity contribution in [2.24, 2.45) is 5.92 Å². The summed E-state index contributed by atoms with van der Waals surface area (Å²) in [6.45, 7) is 6.54. The molecule has 18 heavy (non-hydrogen) atoms. The Kier molecular flexibility index (Phi) is 3.85. The number of amides is 1. The molecule has 3 heterocycles. The van der Waals surface area contributed by atoms with Crippen molar-refractivity contribution in [3.8, 4) is 0 Å². The first-order chi connectivity index (χ1) is 8.83. The molecule has 4 nitrogen and oxygen atoms in total. The van der Waals surface area contributed by atoms with Crippen LogP contribution in [-0.2, 0) is 4.79 Å². The molecule has 0 aliphatic carbocycles. The quantitative estimate of drug-likeness (QED) is 0.801. The van der Waals surface area contributed by atoms with Crippen LogP contribution >= 0.6 is 0 Å². The highest BCUT2D eigenvalue weighted by atomic mass is 16.2. The molecule has 0 radical (unpaired) electrons. The molecule has 4 heteroatoms. The van der Waals surface area contributed by atoms with E-state index >= 15 is 0 Å². The topological polar surface area (TPSA) is 35.6 Å². The van der Waals surface area contributed by atoms with E-state index in [-0.39, 0.29) is 0 Å². The van der Waals surface area contributed by atoms with Gasteiger partial charge in [0.25, 0.3) is 0 Å². The molecule has 0 aromatic rings. The lowest BCUT2D eigenvalue weighted by molar-refractivity contribution is -0.131. The molecule has 1 amide bonds. The molecule has 0 saturated carbocycles. The average molecular weight is 251 g/mol. The van der Waals surface area contributed by atoms with Gasteiger partial charge in [0.2, 0.25) is 5.91 Å². The lowest BCUT2D eigenvalue weighted by atomic mass is 9.99. The minimum atomic E-state index is 0.390. The van der Waals surface area contributed by atoms with E-state index in [0.717, 1.165) is 32.6 Å². The Labute approximate surface area is 110 Å². The Morgan fingerprint density at radius 2 is 1.89 bits per heavy atom. The number of piperidine rings is 1. The third-order valence-corrected chi connectivity index (χ3v) is 4.75. The largest absolute Gasteiger partial charge is 0.341 e. The van der Waals surface area contributed by atoms with E-state index < -0.39 is 0 Å². The van der Waals surface area contributed by atoms with Crippen LogP contribution in [0.5, 0.6) is 0 Å². The van der Waals surface area contributed by atoms with Crippen LogP contribution in [0.2, 0.25) is 0 Å². The second-order valence-corrected chi connectivity index (χ2v) is 6.11. The Bertz CT molecular complexity index is 297. The predicted molar refractivity (Wildman–Crippen MR) is 71.4 cm³/mol. The molecule has 0 bridgehead atoms. The highest BCUT2D eigenvalue weighted by Crippen LogP contribution is 2.21. The Morgan fingerprint density at radius 3 is 2.56 bits per heavy atom. The molecule has 0 aromatic heterocycles. The smallest absolute Gasteiger partial charge is 0.222 e. The van der Waals surface area contributed by atoms with Gasteiger partial charge in [0.15, 0.2) is 0 Å². The highest BCUT2D eigenvalue weighted by molar-refractivity contribution is 5.77. The van der Waals surface area contributed by atoms with E-state index in [2.05, 4.69) is 15.1 Å². The van der Waals surface area contributed by atoms with Gasteiger partial charge in [-0.2, -0.15) is 0 Å². The lowest BCUT2D eigenvalue weighted by Gasteiger charge is -2.32. The highest BCUT2D eigenvalue weighted by Gasteiger charge is 2.32. The molecule has 1 atom stereocenters. The van der Waals surface area contributed by atoms with Gasteiger partial charge in [-0.15, -0.1) is 0 Å². The number of hydrogen-bond donors (Lipinski definition) is 1. The SMILES string of the molecule is O=C(CC1CNC1)N1CCC(N2CCCCC2)C1. The van der Waals surface area contributed by atoms with Gasteiger partial charge in [-0.25, -0.2) is 0 Å². The molecule has 3 aliphatic rings. The van der Waals surface area contributed by atoms with Crippen molar-refractivity contribution in [1.29, 1.82) is 0 Å². The molecular formula is C14H25N3O. The zero-order valence-electron chi connectivity index (χ0n) is 11.2. The summed E-state index contributed by atoms with van der Waals surface area (Å²) in [4.78, 5) is 16.9. The van der Waals surface area contributed by atoms with Gasteiger partial charge in [-0.05, 0) is 51.4 Å². The zero-order valence-corrected chi connectivity index (χ0v) is 11.2. The first-order valence-corrected chi connectivity index (χ1v) is 7.55. The lowest BCUT2D eigenvalue weighted by Crippen LogP contribution is -2.46. The fourth-order valence-electron chi connectivity index (χ4n) is 3.42. The van der Waals surface area contributed by atoms with Gasteiger partial charge in [-0.3, -0.25) is 9.69 Å². The van der Waals surface area contributed by atoms with Crippen molar-refractivity contribution < 1.29 is 4.79 Å². The van der Waals surface area contributed by atoms with Gasteiger partial charge in [0.05, 0.1) is 0 Å². The van der Waals surface area contributed by atoms with E-state index in [4.69, 9.17) is 0 Å². The van der Waals surface area contributed by atoms with Crippen LogP contribution in [0.15, 0.2) is 0 Å². The Balaban J connectivity index is 1.46. The molecule has 1 N–H and O–H groups in total. The second-order valence-electron chi connectivity index (χ2n) is 6.11. The molecule has 3 rings (SSSR count). The zero-order chi connectivity index (χ0) is 12.4. The maximum atomic E-state index is 12.2. The van der Waals surface area contributed by atoms with Gasteiger partial charge in [-0.1, -0.05) is 6.42 Å². The van der Waals surface area contributed by atoms with Crippen molar-refractivity contribution in [2.75, 3.05) is 39.3 Å². The maximum Gasteiger partial charge on any atom is 0.222 e. The molecule has 102 valence electrons. The number of likely N-dealkylation sites (tertiary alicyclic amines) is 2. The summed E-state index contributed by atoms with van der Waals surface area (Å²) in [6, 6.07) is 0.647. The molecule has 3 fully saturated rings. The third kappa shape index (κ3) is 2.69. The standard InChI is InChI=1S/C14H25N3O/c18-14(8-12-9-15-10-12)17-7-4-13(11-17)16-5-2-1-3-6-16/h12-13,15H,1-11H2. The van der Waals surface area contributed by atoms with Crippen molar-refractivity contribution >= 4 is 5.91 Å². The second kappa shape index (κ2) is 5.57. The van der Waals surface area contributed by atoms with E-state index in [1.165, 1.54) is 38.8 Å². The summed E-state index contributed by atoms with van der Waals surface area (Å²) in [5.74, 6) is 0.993. The average Bonchev–Trinajstić information content (AvgIpc) is 2.84. The van der Waals surface area contributed by atoms with Gasteiger partial charge < -0.3 is 10.2 Å². The Hall–Kier alpha value is -0.610. The van der Waals surface area contributed by atoms with Crippen molar-refractivity contribution in [2.45, 2.75) is 38.1 Å². The summed E-state index contributed by atoms with van der Waals surface area (Å²) in [7, 11) is 0. The number of carbonyl (C=O) groups is 1. The summed E-state index contributed by atoms with van der Waals surface area (Å²) in [5, 5.41) is 3.24. The summed E-state index contributed by atoms with van der Waals surface area (Å²) < 4.78 is 0. The van der Waals surface area contributed by atoms with Gasteiger partial charge in [0, 0.05) is 25.6 Å². The van der Waals surface area contributed by atoms with Crippen molar-refractivity contribution in [1.82, 2.24) is 15.1 Å². The number of rotatable bonds is 3. The third-order valence-electron chi connectivity index (χ3n) is 4.75. The van der Waals surface area contributed by atoms with Crippen LogP contribution in [0.3, 0.4) is 0 Å². The number of nitrogens with zero attached hydrogens (tertiary/aromatic N) is 2. The monoisotopic (exact) mass is 251 g/mol. The van der Waals surface area contributed by atoms with Crippen LogP contribution in [0.25, 0.3) is 0 Å². The van der Waals surface area contributed by atoms with Crippen molar-refractivity contribution in [3.05, 3.63) is 0 Å². The van der Waals surface area contributed by atoms with Crippen LogP contribution in [0.1, 0.15) is 32.1 Å². The number of hydrogen-bond acceptors (Lipinski definition) is 3. The molecular weight excluding hydrogens is 226 g/mol. The molecule has 1 unspecified atom stereocenters. The van der Waals surface area contributed by atoms with E-state index in [0.29, 0.717) is 17.9 Å². The number of carbonyl (C=O) groups excluding carboxylic acids is 1. The van der Waals surface area contributed by atoms with Crippen LogP contribution < -0.4 is 5.32 Å². The minimum absolute atomic E-state index is 0.390. The summed E-state index contributed by atoms with van der Waals surface area (Å²) in [6.07, 6.45) is 6.03. The van der Waals surface area contributed by atoms with Crippen LogP contribution in [0.4, 0.5) is 0 Å². The molecule has 3 saturated heterocycles. The molecule has 3 aliphatic heterocycles. The van der Waals surface area contributed by atoms with Crippen LogP contribution in [-0.4, -0.2) is 61.0 Å². The van der Waals surface area contributed by atoms with E-state index in [1.54, 1.807) is 0 Å². The first kappa shape index (κ1) is 12.4. The van der Waals surface area contributed by atoms with Crippen molar-refractivity contribution in [3.63, 3.8) is 0 Å². The maximum absolute atomic E-state index is 12.2. The van der Waals surface area contributed by atoms with Gasteiger partial charge >= 0.3 is 0 Å². The van der Waals surface area contributed by atoms with Crippen LogP contribution in [0, 0.1) is 5.92 Å². The van der Waals surface area contributed by atoms with E-state index in [9.17, 15) is 4.79 Å². The minimum Gasteiger partial charge on any atom is -0.341 e.